The van der Waals surface area contributed by atoms with Crippen LogP contribution in [0.25, 0.3) is 11.0 Å². The number of anilines is 1. The first-order valence-electron chi connectivity index (χ1n) is 13.1. The number of aromatic amines is 1. The number of likely N-dealkylation sites (tertiary alicyclic amines) is 2. The average molecular weight is 573 g/mol. The summed E-state index contributed by atoms with van der Waals surface area (Å²) in [5, 5.41) is 6.51. The van der Waals surface area contributed by atoms with Crippen molar-refractivity contribution in [1.82, 2.24) is 25.0 Å². The standard InChI is InChI=1S/C27H24ClF3N6O3/c28-22-15(29)1-4-19-21(22)26(24(40)37(19)12-20(38)36-13-25(14-36)5-6-27(25,30)31)7-9-35(10-8-26)23(39)17-3-2-16-18(33-17)11-32-34-16/h1-4,11H,5-10,12-14H2,(H,32,34). The Kier molecular flexibility index (Phi) is 5.33. The fraction of sp³-hybridized carbons (Fsp3) is 0.444. The number of rotatable bonds is 3. The van der Waals surface area contributed by atoms with Crippen LogP contribution in [0.2, 0.25) is 5.02 Å². The van der Waals surface area contributed by atoms with Crippen LogP contribution in [-0.4, -0.2) is 81.3 Å². The molecule has 4 aliphatic rings. The molecule has 1 aromatic carbocycles. The van der Waals surface area contributed by atoms with Gasteiger partial charge in [-0.15, -0.1) is 0 Å². The first kappa shape index (κ1) is 25.3. The zero-order chi connectivity index (χ0) is 28.0. The smallest absolute Gasteiger partial charge is 0.272 e. The number of hydrogen-bond acceptors (Lipinski definition) is 5. The van der Waals surface area contributed by atoms with E-state index in [9.17, 15) is 27.6 Å². The fourth-order valence-corrected chi connectivity index (χ4v) is 7.01. The van der Waals surface area contributed by atoms with E-state index in [-0.39, 0.29) is 68.6 Å². The topological polar surface area (TPSA) is 102 Å². The minimum Gasteiger partial charge on any atom is -0.339 e. The molecule has 2 spiro atoms. The number of aromatic nitrogens is 3. The maximum Gasteiger partial charge on any atom is 0.272 e. The minimum atomic E-state index is -2.78. The molecule has 1 saturated carbocycles. The van der Waals surface area contributed by atoms with Crippen molar-refractivity contribution in [1.29, 1.82) is 0 Å². The number of pyridine rings is 1. The van der Waals surface area contributed by atoms with Gasteiger partial charge in [-0.25, -0.2) is 18.2 Å². The summed E-state index contributed by atoms with van der Waals surface area (Å²) in [5.74, 6) is -4.62. The number of benzene rings is 1. The van der Waals surface area contributed by atoms with Crippen LogP contribution in [0, 0.1) is 11.2 Å². The third-order valence-electron chi connectivity index (χ3n) is 9.24. The number of nitrogens with one attached hydrogen (secondary N) is 1. The summed E-state index contributed by atoms with van der Waals surface area (Å²) in [6.45, 7) is -0.0626. The lowest BCUT2D eigenvalue weighted by Gasteiger charge is -2.60. The van der Waals surface area contributed by atoms with Gasteiger partial charge in [-0.05, 0) is 43.5 Å². The lowest BCUT2D eigenvalue weighted by Crippen LogP contribution is -2.71. The zero-order valence-corrected chi connectivity index (χ0v) is 22.0. The van der Waals surface area contributed by atoms with Crippen LogP contribution >= 0.6 is 11.6 Å². The summed E-state index contributed by atoms with van der Waals surface area (Å²) in [5.41, 5.74) is -0.240. The van der Waals surface area contributed by atoms with E-state index in [2.05, 4.69) is 15.2 Å². The van der Waals surface area contributed by atoms with E-state index in [4.69, 9.17) is 11.6 Å². The molecule has 208 valence electrons. The number of hydrogen-bond donors (Lipinski definition) is 1. The molecule has 2 saturated heterocycles. The molecule has 3 aliphatic heterocycles. The molecule has 0 radical (unpaired) electrons. The van der Waals surface area contributed by atoms with Gasteiger partial charge in [0.25, 0.3) is 11.8 Å². The highest BCUT2D eigenvalue weighted by Crippen LogP contribution is 2.59. The number of H-pyrrole nitrogens is 1. The summed E-state index contributed by atoms with van der Waals surface area (Å²) < 4.78 is 42.7. The van der Waals surface area contributed by atoms with Crippen molar-refractivity contribution in [3.63, 3.8) is 0 Å². The van der Waals surface area contributed by atoms with Gasteiger partial charge in [-0.1, -0.05) is 11.6 Å². The number of alkyl halides is 2. The number of amides is 3. The Morgan fingerprint density at radius 1 is 1.02 bits per heavy atom. The molecule has 2 aromatic heterocycles. The highest BCUT2D eigenvalue weighted by atomic mass is 35.5. The number of fused-ring (bicyclic) bond motifs is 3. The highest BCUT2D eigenvalue weighted by Gasteiger charge is 2.67. The molecule has 1 N–H and O–H groups in total. The van der Waals surface area contributed by atoms with E-state index >= 15 is 0 Å². The number of halogens is 4. The minimum absolute atomic E-state index is 0.0429. The van der Waals surface area contributed by atoms with E-state index in [1.807, 2.05) is 0 Å². The van der Waals surface area contributed by atoms with Gasteiger partial charge in [0.05, 0.1) is 33.3 Å². The molecule has 40 heavy (non-hydrogen) atoms. The maximum atomic E-state index is 14.7. The molecule has 0 unspecified atom stereocenters. The predicted molar refractivity (Wildman–Crippen MR) is 138 cm³/mol. The van der Waals surface area contributed by atoms with E-state index in [1.165, 1.54) is 22.1 Å². The van der Waals surface area contributed by atoms with E-state index in [1.54, 1.807) is 17.0 Å². The molecule has 0 bridgehead atoms. The van der Waals surface area contributed by atoms with Gasteiger partial charge in [0.2, 0.25) is 11.8 Å². The van der Waals surface area contributed by atoms with Crippen LogP contribution in [0.4, 0.5) is 18.9 Å². The third-order valence-corrected chi connectivity index (χ3v) is 9.61. The van der Waals surface area contributed by atoms with Crippen LogP contribution in [-0.2, 0) is 15.0 Å². The van der Waals surface area contributed by atoms with Crippen molar-refractivity contribution >= 4 is 46.0 Å². The lowest BCUT2D eigenvalue weighted by atomic mass is 9.60. The Balaban J connectivity index is 1.12. The number of nitrogens with zero attached hydrogens (tertiary/aromatic N) is 5. The molecule has 3 aromatic rings. The van der Waals surface area contributed by atoms with Crippen LogP contribution in [0.3, 0.4) is 0 Å². The predicted octanol–water partition coefficient (Wildman–Crippen LogP) is 3.53. The van der Waals surface area contributed by atoms with Crippen molar-refractivity contribution in [2.24, 2.45) is 5.41 Å². The molecule has 5 heterocycles. The molecule has 7 rings (SSSR count). The number of carbonyl (C=O) groups is 3. The molecule has 0 atom stereocenters. The van der Waals surface area contributed by atoms with Gasteiger partial charge in [0, 0.05) is 38.2 Å². The van der Waals surface area contributed by atoms with Crippen LogP contribution in [0.15, 0.2) is 30.5 Å². The second kappa shape index (κ2) is 8.42. The van der Waals surface area contributed by atoms with Crippen molar-refractivity contribution < 1.29 is 27.6 Å². The monoisotopic (exact) mass is 572 g/mol. The maximum absolute atomic E-state index is 14.7. The molecule has 3 fully saturated rings. The lowest BCUT2D eigenvalue weighted by molar-refractivity contribution is -0.254. The van der Waals surface area contributed by atoms with Crippen molar-refractivity contribution in [3.8, 4) is 0 Å². The molecule has 9 nitrogen and oxygen atoms in total. The summed E-state index contributed by atoms with van der Waals surface area (Å²) in [7, 11) is 0. The van der Waals surface area contributed by atoms with E-state index < -0.39 is 34.4 Å². The fourth-order valence-electron chi connectivity index (χ4n) is 6.67. The summed E-state index contributed by atoms with van der Waals surface area (Å²) in [6.07, 6.45) is 2.06. The first-order valence-corrected chi connectivity index (χ1v) is 13.5. The highest BCUT2D eigenvalue weighted by molar-refractivity contribution is 6.33. The Labute approximate surface area is 231 Å². The second-order valence-electron chi connectivity index (χ2n) is 11.3. The van der Waals surface area contributed by atoms with Gasteiger partial charge in [0.15, 0.2) is 0 Å². The Morgan fingerprint density at radius 3 is 2.45 bits per heavy atom. The third kappa shape index (κ3) is 3.37. The quantitative estimate of drug-likeness (QED) is 0.517. The zero-order valence-electron chi connectivity index (χ0n) is 21.2. The summed E-state index contributed by atoms with van der Waals surface area (Å²) >= 11 is 6.43. The normalized spacial score (nSPS) is 22.0. The molecule has 13 heteroatoms. The Bertz CT molecular complexity index is 1600. The molecular weight excluding hydrogens is 549 g/mol. The van der Waals surface area contributed by atoms with Crippen LogP contribution in [0.1, 0.15) is 41.7 Å². The van der Waals surface area contributed by atoms with Gasteiger partial charge >= 0.3 is 0 Å². The largest absolute Gasteiger partial charge is 0.339 e. The van der Waals surface area contributed by atoms with E-state index in [0.717, 1.165) is 6.07 Å². The van der Waals surface area contributed by atoms with Gasteiger partial charge in [-0.2, -0.15) is 5.10 Å². The van der Waals surface area contributed by atoms with Crippen molar-refractivity contribution in [3.05, 3.63) is 52.6 Å². The summed E-state index contributed by atoms with van der Waals surface area (Å²) in [6, 6.07) is 5.89. The first-order chi connectivity index (χ1) is 19.1. The number of carbonyl (C=O) groups excluding carboxylic acids is 3. The molecular formula is C27H24ClF3N6O3. The molecule has 1 aliphatic carbocycles. The average Bonchev–Trinajstić information content (AvgIpc) is 3.47. The van der Waals surface area contributed by atoms with Crippen molar-refractivity contribution in [2.45, 2.75) is 37.0 Å². The van der Waals surface area contributed by atoms with Crippen molar-refractivity contribution in [2.75, 3.05) is 37.6 Å². The Morgan fingerprint density at radius 2 is 1.77 bits per heavy atom. The van der Waals surface area contributed by atoms with Crippen LogP contribution in [0.5, 0.6) is 0 Å². The van der Waals surface area contributed by atoms with Gasteiger partial charge in [-0.3, -0.25) is 19.5 Å². The summed E-state index contributed by atoms with van der Waals surface area (Å²) in [4.78, 5) is 48.8. The number of piperidine rings is 1. The molecule has 3 amide bonds. The van der Waals surface area contributed by atoms with E-state index in [0.29, 0.717) is 28.7 Å². The van der Waals surface area contributed by atoms with Gasteiger partial charge in [0.1, 0.15) is 23.6 Å². The second-order valence-corrected chi connectivity index (χ2v) is 11.6. The SMILES string of the molecule is O=C(CN1C(=O)C2(CCN(C(=O)c3ccc4[nH]ncc4n3)CC2)c2c1ccc(F)c2Cl)N1CC2(CCC2(F)F)C1. The van der Waals surface area contributed by atoms with Gasteiger partial charge < -0.3 is 14.7 Å². The Hall–Kier alpha value is -3.67. The van der Waals surface area contributed by atoms with Crippen LogP contribution < -0.4 is 4.90 Å².